The molecule has 13 rings (SSSR count). The summed E-state index contributed by atoms with van der Waals surface area (Å²) in [6.07, 6.45) is 16.7. The number of cyclic esters (lactones) is 1. The van der Waals surface area contributed by atoms with Crippen molar-refractivity contribution < 1.29 is 89.2 Å². The fourth-order valence-electron chi connectivity index (χ4n) is 15.6. The highest BCUT2D eigenvalue weighted by molar-refractivity contribution is 7.87. The molecule has 2 heterocycles. The van der Waals surface area contributed by atoms with Gasteiger partial charge in [0.1, 0.15) is 34.8 Å². The van der Waals surface area contributed by atoms with E-state index in [1.807, 2.05) is 6.92 Å². The Morgan fingerprint density at radius 2 is 1.15 bits per heavy atom. The summed E-state index contributed by atoms with van der Waals surface area (Å²) in [4.78, 5) is 91.5. The van der Waals surface area contributed by atoms with Crippen LogP contribution in [-0.2, 0) is 85.8 Å². The summed E-state index contributed by atoms with van der Waals surface area (Å²) < 4.78 is 65.5. The highest BCUT2D eigenvalue weighted by Gasteiger charge is 2.65. The lowest BCUT2D eigenvalue weighted by Gasteiger charge is -2.59. The maximum absolute atomic E-state index is 12.1. The molecular weight excluding hydrogens is 1120 g/mol. The minimum Gasteiger partial charge on any atom is -0.463 e. The molecule has 0 amide bonds. The monoisotopic (exact) mass is 1210 g/mol. The number of ether oxygens (including phenoxy) is 7. The van der Waals surface area contributed by atoms with Crippen molar-refractivity contribution in [3.8, 4) is 0 Å². The quantitative estimate of drug-likeness (QED) is 0.0467. The van der Waals surface area contributed by atoms with E-state index in [2.05, 4.69) is 44.6 Å². The molecule has 0 aromatic heterocycles. The normalized spacial score (nSPS) is 35.0. The van der Waals surface area contributed by atoms with Crippen LogP contribution in [0.2, 0.25) is 0 Å². The van der Waals surface area contributed by atoms with E-state index in [0.29, 0.717) is 84.7 Å². The first-order valence-corrected chi connectivity index (χ1v) is 32.1. The van der Waals surface area contributed by atoms with E-state index in [1.165, 1.54) is 58.3 Å². The van der Waals surface area contributed by atoms with Gasteiger partial charge in [0.05, 0.1) is 30.5 Å². The average molecular weight is 1210 g/mol. The number of hydrogen-bond donors (Lipinski definition) is 1. The summed E-state index contributed by atoms with van der Waals surface area (Å²) in [5.74, 6) is 1.16. The Balaban J connectivity index is 0.000000158. The van der Waals surface area contributed by atoms with Gasteiger partial charge in [0.2, 0.25) is 6.10 Å². The van der Waals surface area contributed by atoms with E-state index in [4.69, 9.17) is 32.6 Å². The zero-order valence-electron chi connectivity index (χ0n) is 51.1. The van der Waals surface area contributed by atoms with Crippen LogP contribution >= 0.6 is 0 Å². The SMILES string of the molecule is C=C(C)C(=O)OC1(C)C2CC3CC(C2)CC1C3.C=C(C)C(=O)OC1(C)CCCC1.C=C(C)C(=O)OC12CC3CC(CC(O)(C3)C1)C2.C=C(C)C(=O)OC1CCOC1=O.C=C(C)C(=O)OCCCC(=O)CCC(=O)OC1C2CC3C1OS(=O)(=O)C3C2. The molecule has 13 aliphatic rings. The van der Waals surface area contributed by atoms with Crippen molar-refractivity contribution in [2.45, 2.75) is 236 Å². The van der Waals surface area contributed by atoms with Crippen molar-refractivity contribution in [1.82, 2.24) is 0 Å². The molecule has 10 bridgehead atoms. The third-order valence-electron chi connectivity index (χ3n) is 19.4. The molecule has 8 atom stereocenters. The number of carbonyl (C=O) groups is 8. The minimum absolute atomic E-state index is 0.0185. The Kier molecular flexibility index (Phi) is 21.5. The molecule has 85 heavy (non-hydrogen) atoms. The molecule has 13 fully saturated rings. The van der Waals surface area contributed by atoms with Crippen LogP contribution in [0.4, 0.5) is 0 Å². The number of rotatable bonds is 17. The molecule has 2 saturated heterocycles. The zero-order chi connectivity index (χ0) is 62.6. The van der Waals surface area contributed by atoms with Crippen LogP contribution in [0.15, 0.2) is 60.8 Å². The van der Waals surface area contributed by atoms with Gasteiger partial charge in [-0.25, -0.2) is 28.8 Å². The summed E-state index contributed by atoms with van der Waals surface area (Å²) in [6.45, 7) is 30.5. The van der Waals surface area contributed by atoms with Gasteiger partial charge in [0.25, 0.3) is 10.1 Å². The van der Waals surface area contributed by atoms with Crippen molar-refractivity contribution in [3.05, 3.63) is 60.8 Å². The number of carbonyl (C=O) groups excluding carboxylic acids is 8. The molecule has 11 aliphatic carbocycles. The average Bonchev–Trinajstić information content (AvgIpc) is 3.15. The second-order valence-corrected chi connectivity index (χ2v) is 28.9. The second kappa shape index (κ2) is 27.3. The lowest BCUT2D eigenvalue weighted by Crippen LogP contribution is -2.60. The predicted octanol–water partition coefficient (Wildman–Crippen LogP) is 9.65. The van der Waals surface area contributed by atoms with Crippen molar-refractivity contribution >= 4 is 57.7 Å². The topological polar surface area (TPSA) is 265 Å². The molecule has 19 nitrogen and oxygen atoms in total. The van der Waals surface area contributed by atoms with Crippen LogP contribution in [0.25, 0.3) is 0 Å². The number of aliphatic hydroxyl groups is 1. The summed E-state index contributed by atoms with van der Waals surface area (Å²) in [5.41, 5.74) is 0.675. The molecule has 472 valence electrons. The molecule has 20 heteroatoms. The molecule has 0 aromatic rings. The second-order valence-electron chi connectivity index (χ2n) is 27.2. The van der Waals surface area contributed by atoms with Gasteiger partial charge in [-0.05, 0) is 193 Å². The van der Waals surface area contributed by atoms with Gasteiger partial charge in [-0.2, -0.15) is 8.42 Å². The molecule has 8 unspecified atom stereocenters. The lowest BCUT2D eigenvalue weighted by atomic mass is 9.50. The Morgan fingerprint density at radius 1 is 0.624 bits per heavy atom. The standard InChI is InChI=1S/C18H24O8S.C15H22O2.C14H20O3.C10H16O2.C8H10O4/c1-10(2)18(21)24-7-3-4-12(19)5-6-15(20)25-16-11-8-13-14(9-11)27(22,23)26-17(13)16;1-9(2)14(16)17-15(3)12-5-10-4-11(7-12)8-13(15)6-10;1-9(2)12(15)17-14-6-10-3-11(7-14)5-13(16,4-10)8-14;1-8(2)9(11)12-10(3)6-4-5-7-10;1-5(2)7(9)12-6-3-4-11-8(6)10/h11,13-14,16-17H,1,3-9H2,2H3;10-13H,1,4-8H2,2-3H3;10-11,16H,1,3-8H2,2H3;1,4-7H2,2-3H3;6H,1,3-4H2,2H3. The van der Waals surface area contributed by atoms with E-state index < -0.39 is 68.8 Å². The van der Waals surface area contributed by atoms with Gasteiger partial charge >= 0.3 is 41.8 Å². The summed E-state index contributed by atoms with van der Waals surface area (Å²) >= 11 is 0. The van der Waals surface area contributed by atoms with Gasteiger partial charge in [-0.1, -0.05) is 32.9 Å². The zero-order valence-corrected chi connectivity index (χ0v) is 52.0. The van der Waals surface area contributed by atoms with Crippen LogP contribution in [0.1, 0.15) is 190 Å². The van der Waals surface area contributed by atoms with E-state index >= 15 is 0 Å². The van der Waals surface area contributed by atoms with Crippen molar-refractivity contribution in [1.29, 1.82) is 0 Å². The Labute approximate surface area is 501 Å². The first-order chi connectivity index (χ1) is 39.7. The van der Waals surface area contributed by atoms with Crippen LogP contribution in [0, 0.1) is 47.3 Å². The Hall–Kier alpha value is -5.47. The number of hydrogen-bond acceptors (Lipinski definition) is 19. The van der Waals surface area contributed by atoms with E-state index in [9.17, 15) is 51.9 Å². The molecule has 0 aromatic carbocycles. The number of esters is 7. The molecule has 11 saturated carbocycles. The summed E-state index contributed by atoms with van der Waals surface area (Å²) in [7, 11) is -3.54. The highest BCUT2D eigenvalue weighted by Crippen LogP contribution is 2.61. The molecule has 2 aliphatic heterocycles. The predicted molar refractivity (Wildman–Crippen MR) is 311 cm³/mol. The smallest absolute Gasteiger partial charge is 0.347 e. The third-order valence-corrected chi connectivity index (χ3v) is 21.1. The first kappa shape index (κ1) is 67.0. The largest absolute Gasteiger partial charge is 0.463 e. The lowest BCUT2D eigenvalue weighted by molar-refractivity contribution is -0.217. The fourth-order valence-corrected chi connectivity index (χ4v) is 17.5. The number of ketones is 1. The van der Waals surface area contributed by atoms with Crippen molar-refractivity contribution in [2.24, 2.45) is 47.3 Å². The molecular formula is C65H92O19S. The Morgan fingerprint density at radius 3 is 1.67 bits per heavy atom. The van der Waals surface area contributed by atoms with Crippen LogP contribution in [0.3, 0.4) is 0 Å². The number of fused-ring (bicyclic) bond motifs is 1. The van der Waals surface area contributed by atoms with Crippen LogP contribution in [-0.4, -0.2) is 120 Å². The van der Waals surface area contributed by atoms with Crippen molar-refractivity contribution in [2.75, 3.05) is 13.2 Å². The third kappa shape index (κ3) is 16.8. The van der Waals surface area contributed by atoms with E-state index in [1.54, 1.807) is 27.7 Å². The van der Waals surface area contributed by atoms with Gasteiger partial charge in [0.15, 0.2) is 0 Å². The van der Waals surface area contributed by atoms with Gasteiger partial charge < -0.3 is 38.3 Å². The van der Waals surface area contributed by atoms with Gasteiger partial charge in [0, 0.05) is 65.4 Å². The molecule has 0 spiro atoms. The molecule has 1 N–H and O–H groups in total. The number of Topliss-reactive ketones (excluding diaryl/α,β-unsaturated/α-hetero) is 1. The van der Waals surface area contributed by atoms with Gasteiger partial charge in [-0.3, -0.25) is 13.8 Å². The summed E-state index contributed by atoms with van der Waals surface area (Å²) in [6, 6.07) is 0. The maximum Gasteiger partial charge on any atom is 0.347 e. The summed E-state index contributed by atoms with van der Waals surface area (Å²) in [5, 5.41) is 10.0. The fraction of sp³-hybridized carbons (Fsp3) is 0.723. The maximum atomic E-state index is 12.1. The Bertz CT molecular complexity index is 2720. The van der Waals surface area contributed by atoms with Crippen molar-refractivity contribution in [3.63, 3.8) is 0 Å². The van der Waals surface area contributed by atoms with Crippen LogP contribution < -0.4 is 0 Å². The van der Waals surface area contributed by atoms with E-state index in [0.717, 1.165) is 50.4 Å². The first-order valence-electron chi connectivity index (χ1n) is 30.6. The highest BCUT2D eigenvalue weighted by atomic mass is 32.2. The van der Waals surface area contributed by atoms with E-state index in [-0.39, 0.29) is 78.2 Å². The van der Waals surface area contributed by atoms with Gasteiger partial charge in [-0.15, -0.1) is 0 Å². The minimum atomic E-state index is -3.54. The molecule has 0 radical (unpaired) electrons. The van der Waals surface area contributed by atoms with Crippen LogP contribution in [0.5, 0.6) is 0 Å².